The summed E-state index contributed by atoms with van der Waals surface area (Å²) >= 11 is 3.15. The van der Waals surface area contributed by atoms with E-state index in [-0.39, 0.29) is 5.56 Å². The number of nitrogens with zero attached hydrogens (tertiary/aromatic N) is 2. The number of fused-ring (bicyclic) bond motifs is 1. The van der Waals surface area contributed by atoms with Crippen molar-refractivity contribution in [2.75, 3.05) is 11.1 Å². The molecule has 1 N–H and O–H groups in total. The van der Waals surface area contributed by atoms with Crippen LogP contribution in [0.1, 0.15) is 36.5 Å². The maximum atomic E-state index is 14.1. The third-order valence-corrected chi connectivity index (χ3v) is 6.15. The second-order valence-electron chi connectivity index (χ2n) is 6.24. The average molecular weight is 444 g/mol. The molecular weight excluding hydrogens is 425 g/mol. The van der Waals surface area contributed by atoms with Crippen molar-refractivity contribution in [1.29, 1.82) is 0 Å². The minimum Gasteiger partial charge on any atom is -0.322 e. The number of hydrogen-bond donors (Lipinski definition) is 1. The fourth-order valence-corrected chi connectivity index (χ4v) is 4.57. The van der Waals surface area contributed by atoms with E-state index >= 15 is 0 Å². The molecule has 2 aromatic carbocycles. The smallest absolute Gasteiger partial charge is 0.272 e. The molecule has 0 atom stereocenters. The lowest BCUT2D eigenvalue weighted by Gasteiger charge is -2.06. The number of benzene rings is 2. The lowest BCUT2D eigenvalue weighted by Crippen LogP contribution is -2.13. The van der Waals surface area contributed by atoms with Crippen LogP contribution < -0.4 is 5.32 Å². The summed E-state index contributed by atoms with van der Waals surface area (Å²) < 4.78 is 15.9. The first kappa shape index (κ1) is 21.7. The molecule has 0 radical (unpaired) electrons. The Kier molecular flexibility index (Phi) is 7.38. The Balaban J connectivity index is 1.66. The van der Waals surface area contributed by atoms with E-state index in [1.54, 1.807) is 30.0 Å². The van der Waals surface area contributed by atoms with Crippen LogP contribution in [-0.2, 0) is 0 Å². The molecule has 0 unspecified atom stereocenters. The molecule has 9 heteroatoms. The Morgan fingerprint density at radius 2 is 2.07 bits per heavy atom. The highest BCUT2D eigenvalue weighted by atomic mass is 32.2. The Morgan fingerprint density at radius 1 is 1.27 bits per heavy atom. The first-order chi connectivity index (χ1) is 14.5. The normalized spacial score (nSPS) is 10.5. The molecule has 1 aromatic heterocycles. The van der Waals surface area contributed by atoms with Gasteiger partial charge in [0.05, 0.1) is 26.8 Å². The zero-order chi connectivity index (χ0) is 21.5. The molecule has 1 heterocycles. The second kappa shape index (κ2) is 10.2. The molecule has 30 heavy (non-hydrogen) atoms. The van der Waals surface area contributed by atoms with E-state index in [0.717, 1.165) is 57.8 Å². The van der Waals surface area contributed by atoms with Gasteiger partial charge < -0.3 is 5.32 Å². The van der Waals surface area contributed by atoms with E-state index in [4.69, 9.17) is 0 Å². The third kappa shape index (κ3) is 5.55. The topological polar surface area (TPSA) is 85.1 Å². The van der Waals surface area contributed by atoms with E-state index in [2.05, 4.69) is 29.1 Å². The van der Waals surface area contributed by atoms with Gasteiger partial charge in [0, 0.05) is 30.3 Å². The summed E-state index contributed by atoms with van der Waals surface area (Å²) in [6.45, 7) is 2.10. The van der Waals surface area contributed by atoms with Gasteiger partial charge in [0.2, 0.25) is 0 Å². The molecule has 0 aliphatic carbocycles. The summed E-state index contributed by atoms with van der Waals surface area (Å²) in [6.07, 6.45) is 2.79. The Labute approximate surface area is 181 Å². The van der Waals surface area contributed by atoms with Crippen molar-refractivity contribution in [3.05, 3.63) is 57.9 Å². The summed E-state index contributed by atoms with van der Waals surface area (Å²) in [5.41, 5.74) is 0.650. The zero-order valence-corrected chi connectivity index (χ0v) is 17.7. The molecular formula is C21H18FN3O3S2. The number of aromatic nitrogens is 1. The molecule has 0 fully saturated rings. The van der Waals surface area contributed by atoms with E-state index in [9.17, 15) is 19.3 Å². The van der Waals surface area contributed by atoms with Crippen LogP contribution in [0.5, 0.6) is 0 Å². The predicted molar refractivity (Wildman–Crippen MR) is 119 cm³/mol. The van der Waals surface area contributed by atoms with E-state index in [1.807, 2.05) is 0 Å². The quantitative estimate of drug-likeness (QED) is 0.162. The maximum Gasteiger partial charge on any atom is 0.272 e. The van der Waals surface area contributed by atoms with Crippen molar-refractivity contribution in [3.8, 4) is 11.8 Å². The minimum atomic E-state index is -0.943. The number of nitro benzene ring substituents is 1. The summed E-state index contributed by atoms with van der Waals surface area (Å²) in [5, 5.41) is 13.3. The molecule has 0 aliphatic heterocycles. The molecule has 3 aromatic rings. The number of hydrogen-bond acceptors (Lipinski definition) is 6. The van der Waals surface area contributed by atoms with Crippen LogP contribution in [0.2, 0.25) is 0 Å². The zero-order valence-electron chi connectivity index (χ0n) is 16.1. The van der Waals surface area contributed by atoms with Crippen molar-refractivity contribution in [2.45, 2.75) is 30.5 Å². The van der Waals surface area contributed by atoms with Crippen molar-refractivity contribution < 1.29 is 14.1 Å². The number of unbranched alkanes of at least 4 members (excludes halogenated alkanes) is 1. The first-order valence-electron chi connectivity index (χ1n) is 9.22. The molecule has 0 saturated heterocycles. The number of thioether (sulfide) groups is 1. The van der Waals surface area contributed by atoms with Crippen molar-refractivity contribution in [2.24, 2.45) is 0 Å². The standard InChI is InChI=1S/C21H18FN3O3S2/c1-2-3-4-5-6-11-29-21-24-18-10-7-14(12-19(18)30-21)23-20(26)16-9-8-15(25(27)28)13-17(16)22/h7-10,12-13H,2-3,6,11H2,1H3,(H,23,26). The Bertz CT molecular complexity index is 1150. The maximum absolute atomic E-state index is 14.1. The molecule has 154 valence electrons. The number of anilines is 1. The van der Waals surface area contributed by atoms with Gasteiger partial charge in [-0.3, -0.25) is 14.9 Å². The number of amides is 1. The Morgan fingerprint density at radius 3 is 2.80 bits per heavy atom. The number of thiazole rings is 1. The molecule has 3 rings (SSSR count). The van der Waals surface area contributed by atoms with Gasteiger partial charge in [0.1, 0.15) is 5.82 Å². The van der Waals surface area contributed by atoms with Crippen LogP contribution in [-0.4, -0.2) is 21.6 Å². The largest absolute Gasteiger partial charge is 0.322 e. The van der Waals surface area contributed by atoms with Crippen LogP contribution >= 0.6 is 23.1 Å². The summed E-state index contributed by atoms with van der Waals surface area (Å²) in [7, 11) is 0. The number of nitrogens with one attached hydrogen (secondary N) is 1. The average Bonchev–Trinajstić information content (AvgIpc) is 3.12. The van der Waals surface area contributed by atoms with Crippen LogP contribution in [0.15, 0.2) is 40.7 Å². The van der Waals surface area contributed by atoms with Gasteiger partial charge in [-0.25, -0.2) is 9.37 Å². The van der Waals surface area contributed by atoms with Gasteiger partial charge in [0.15, 0.2) is 4.34 Å². The summed E-state index contributed by atoms with van der Waals surface area (Å²) in [4.78, 5) is 26.9. The predicted octanol–water partition coefficient (Wildman–Crippen LogP) is 5.88. The Hall–Kier alpha value is -2.96. The van der Waals surface area contributed by atoms with Gasteiger partial charge in [-0.15, -0.1) is 23.2 Å². The highest BCUT2D eigenvalue weighted by Gasteiger charge is 2.16. The lowest BCUT2D eigenvalue weighted by atomic mass is 10.1. The van der Waals surface area contributed by atoms with Crippen molar-refractivity contribution in [1.82, 2.24) is 4.98 Å². The SMILES string of the molecule is CCCC#CCCSc1nc2ccc(NC(=O)c3ccc([N+](=O)[O-])cc3F)cc2s1. The fourth-order valence-electron chi connectivity index (χ4n) is 2.53. The number of carbonyl (C=O) groups is 1. The number of rotatable bonds is 7. The van der Waals surface area contributed by atoms with Gasteiger partial charge in [-0.1, -0.05) is 18.7 Å². The van der Waals surface area contributed by atoms with Crippen LogP contribution in [0.25, 0.3) is 10.2 Å². The molecule has 0 saturated carbocycles. The second-order valence-corrected chi connectivity index (χ2v) is 8.61. The molecule has 0 spiro atoms. The van der Waals surface area contributed by atoms with Crippen molar-refractivity contribution >= 4 is 50.6 Å². The monoisotopic (exact) mass is 443 g/mol. The number of nitro groups is 1. The van der Waals surface area contributed by atoms with Crippen LogP contribution in [0.3, 0.4) is 0 Å². The highest BCUT2D eigenvalue weighted by Crippen LogP contribution is 2.31. The molecule has 1 amide bonds. The minimum absolute atomic E-state index is 0.259. The van der Waals surface area contributed by atoms with Gasteiger partial charge >= 0.3 is 0 Å². The van der Waals surface area contributed by atoms with E-state index in [0.29, 0.717) is 5.69 Å². The number of halogens is 1. The van der Waals surface area contributed by atoms with Gasteiger partial charge in [-0.05, 0) is 30.7 Å². The van der Waals surface area contributed by atoms with Gasteiger partial charge in [0.25, 0.3) is 11.6 Å². The molecule has 6 nitrogen and oxygen atoms in total. The molecule has 0 aliphatic rings. The van der Waals surface area contributed by atoms with E-state index < -0.39 is 22.3 Å². The van der Waals surface area contributed by atoms with E-state index in [1.165, 1.54) is 11.3 Å². The summed E-state index contributed by atoms with van der Waals surface area (Å²) in [6, 6.07) is 8.19. The van der Waals surface area contributed by atoms with Crippen LogP contribution in [0.4, 0.5) is 15.8 Å². The molecule has 0 bridgehead atoms. The highest BCUT2D eigenvalue weighted by molar-refractivity contribution is 8.01. The van der Waals surface area contributed by atoms with Gasteiger partial charge in [-0.2, -0.15) is 0 Å². The lowest BCUT2D eigenvalue weighted by molar-refractivity contribution is -0.385. The van der Waals surface area contributed by atoms with Crippen molar-refractivity contribution in [3.63, 3.8) is 0 Å². The third-order valence-electron chi connectivity index (χ3n) is 3.99. The number of non-ortho nitro benzene ring substituents is 1. The first-order valence-corrected chi connectivity index (χ1v) is 11.0. The summed E-state index contributed by atoms with van der Waals surface area (Å²) in [5.74, 6) is 5.50. The number of carbonyl (C=O) groups excluding carboxylic acids is 1. The van der Waals surface area contributed by atoms with Crippen LogP contribution in [0, 0.1) is 27.8 Å². The fraction of sp³-hybridized carbons (Fsp3) is 0.238.